The number of hydrogen-bond acceptors (Lipinski definition) is 6. The number of nitrogens with zero attached hydrogens (tertiary/aromatic N) is 1. The fourth-order valence-electron chi connectivity index (χ4n) is 5.47. The molecule has 2 aliphatic carbocycles. The van der Waals surface area contributed by atoms with Crippen molar-refractivity contribution >= 4 is 35.3 Å². The summed E-state index contributed by atoms with van der Waals surface area (Å²) in [4.78, 5) is 77.9. The van der Waals surface area contributed by atoms with Crippen LogP contribution in [-0.4, -0.2) is 78.0 Å². The van der Waals surface area contributed by atoms with Crippen LogP contribution in [0.3, 0.4) is 0 Å². The Balaban J connectivity index is 1.66. The Kier molecular flexibility index (Phi) is 11.1. The lowest BCUT2D eigenvalue weighted by Gasteiger charge is -2.35. The van der Waals surface area contributed by atoms with Crippen molar-refractivity contribution in [3.05, 3.63) is 12.7 Å². The molecule has 3 aliphatic rings. The van der Waals surface area contributed by atoms with E-state index in [1.807, 2.05) is 13.8 Å². The highest BCUT2D eigenvalue weighted by Gasteiger charge is 2.42. The molecular weight excluding hydrogens is 502 g/mol. The van der Waals surface area contributed by atoms with Crippen LogP contribution in [0.2, 0.25) is 0 Å². The second-order valence-corrected chi connectivity index (χ2v) is 11.2. The molecule has 1 aliphatic heterocycles. The average Bonchev–Trinajstić information content (AvgIpc) is 3.67. The molecule has 11 nitrogen and oxygen atoms in total. The van der Waals surface area contributed by atoms with Crippen LogP contribution in [0.15, 0.2) is 12.7 Å². The number of carbonyl (C=O) groups is 6. The number of hydrogen-bond donors (Lipinski definition) is 4. The van der Waals surface area contributed by atoms with Gasteiger partial charge in [-0.2, -0.15) is 0 Å². The lowest BCUT2D eigenvalue weighted by Crippen LogP contribution is -2.59. The number of ketones is 2. The SMILES string of the molecule is C=CCNC(=O)C(=O)CNC(=O)C1CCCN1C(=O)C(NC(=O)NC(C(=O)C1CC1)C(C)C)C1CCCCC1. The number of rotatable bonds is 13. The fraction of sp³-hybridized carbons (Fsp3) is 0.714. The van der Waals surface area contributed by atoms with Gasteiger partial charge in [0.05, 0.1) is 12.6 Å². The van der Waals surface area contributed by atoms with Crippen molar-refractivity contribution in [2.45, 2.75) is 89.8 Å². The zero-order chi connectivity index (χ0) is 28.5. The third-order valence-electron chi connectivity index (χ3n) is 7.84. The predicted molar refractivity (Wildman–Crippen MR) is 144 cm³/mol. The Morgan fingerprint density at radius 2 is 1.59 bits per heavy atom. The quantitative estimate of drug-likeness (QED) is 0.202. The normalized spacial score (nSPS) is 21.0. The summed E-state index contributed by atoms with van der Waals surface area (Å²) in [6.45, 7) is 7.26. The van der Waals surface area contributed by atoms with Gasteiger partial charge in [0.15, 0.2) is 5.78 Å². The largest absolute Gasteiger partial charge is 0.347 e. The number of likely N-dealkylation sites (tertiary alicyclic amines) is 1. The molecule has 3 atom stereocenters. The van der Waals surface area contributed by atoms with Crippen molar-refractivity contribution in [2.75, 3.05) is 19.6 Å². The summed E-state index contributed by atoms with van der Waals surface area (Å²) in [5.74, 6) is -2.58. The fourth-order valence-corrected chi connectivity index (χ4v) is 5.47. The van der Waals surface area contributed by atoms with Crippen molar-refractivity contribution in [3.8, 4) is 0 Å². The Morgan fingerprint density at radius 3 is 2.21 bits per heavy atom. The van der Waals surface area contributed by atoms with Gasteiger partial charge in [0, 0.05) is 19.0 Å². The number of urea groups is 1. The van der Waals surface area contributed by atoms with Crippen LogP contribution in [0.4, 0.5) is 4.79 Å². The first-order valence-corrected chi connectivity index (χ1v) is 14.2. The maximum Gasteiger partial charge on any atom is 0.316 e. The zero-order valence-electron chi connectivity index (χ0n) is 23.1. The molecule has 2 saturated carbocycles. The second-order valence-electron chi connectivity index (χ2n) is 11.2. The van der Waals surface area contributed by atoms with Gasteiger partial charge in [-0.15, -0.1) is 6.58 Å². The van der Waals surface area contributed by atoms with Gasteiger partial charge in [0.1, 0.15) is 12.1 Å². The van der Waals surface area contributed by atoms with Crippen molar-refractivity contribution < 1.29 is 28.8 Å². The molecule has 11 heteroatoms. The van der Waals surface area contributed by atoms with E-state index in [4.69, 9.17) is 0 Å². The summed E-state index contributed by atoms with van der Waals surface area (Å²) in [5, 5.41) is 10.5. The first-order valence-electron chi connectivity index (χ1n) is 14.2. The molecule has 0 aromatic carbocycles. The van der Waals surface area contributed by atoms with Crippen LogP contribution in [0.25, 0.3) is 0 Å². The molecule has 39 heavy (non-hydrogen) atoms. The van der Waals surface area contributed by atoms with E-state index in [2.05, 4.69) is 27.8 Å². The summed E-state index contributed by atoms with van der Waals surface area (Å²) in [5.41, 5.74) is 0. The molecule has 1 saturated heterocycles. The number of nitrogens with one attached hydrogen (secondary N) is 4. The monoisotopic (exact) mass is 545 g/mol. The lowest BCUT2D eigenvalue weighted by atomic mass is 9.83. The highest BCUT2D eigenvalue weighted by atomic mass is 16.2. The van der Waals surface area contributed by atoms with Crippen molar-refractivity contribution in [1.82, 2.24) is 26.2 Å². The standard InChI is InChI=1S/C28H43N5O6/c1-4-14-29-26(37)21(34)16-30-25(36)20-11-8-15-33(20)27(38)23(18-9-6-5-7-10-18)32-28(39)31-22(17(2)3)24(35)19-12-13-19/h4,17-20,22-23H,1,5-16H2,2-3H3,(H,29,37)(H,30,36)(H2,31,32,39). The van der Waals surface area contributed by atoms with E-state index in [0.29, 0.717) is 19.4 Å². The average molecular weight is 546 g/mol. The first-order chi connectivity index (χ1) is 18.6. The molecule has 4 N–H and O–H groups in total. The highest BCUT2D eigenvalue weighted by Crippen LogP contribution is 2.32. The van der Waals surface area contributed by atoms with Gasteiger partial charge in [-0.1, -0.05) is 39.2 Å². The maximum atomic E-state index is 13.8. The minimum absolute atomic E-state index is 0.00251. The van der Waals surface area contributed by atoms with Gasteiger partial charge < -0.3 is 26.2 Å². The highest BCUT2D eigenvalue weighted by molar-refractivity contribution is 6.37. The molecular formula is C28H43N5O6. The third kappa shape index (κ3) is 8.37. The van der Waals surface area contributed by atoms with Gasteiger partial charge >= 0.3 is 6.03 Å². The predicted octanol–water partition coefficient (Wildman–Crippen LogP) is 1.22. The van der Waals surface area contributed by atoms with E-state index in [-0.39, 0.29) is 36.0 Å². The van der Waals surface area contributed by atoms with E-state index in [1.54, 1.807) is 0 Å². The smallest absolute Gasteiger partial charge is 0.316 e. The molecule has 3 fully saturated rings. The lowest BCUT2D eigenvalue weighted by molar-refractivity contribution is -0.142. The Morgan fingerprint density at radius 1 is 0.897 bits per heavy atom. The molecule has 1 heterocycles. The number of carbonyl (C=O) groups excluding carboxylic acids is 6. The van der Waals surface area contributed by atoms with Crippen molar-refractivity contribution in [2.24, 2.45) is 17.8 Å². The topological polar surface area (TPSA) is 154 Å². The molecule has 0 aromatic heterocycles. The second kappa shape index (κ2) is 14.2. The minimum atomic E-state index is -0.825. The van der Waals surface area contributed by atoms with Gasteiger partial charge in [0.25, 0.3) is 5.91 Å². The van der Waals surface area contributed by atoms with Crippen molar-refractivity contribution in [3.63, 3.8) is 0 Å². The van der Waals surface area contributed by atoms with E-state index >= 15 is 0 Å². The maximum absolute atomic E-state index is 13.8. The van der Waals surface area contributed by atoms with Crippen LogP contribution < -0.4 is 21.3 Å². The number of amides is 5. The Bertz CT molecular complexity index is 956. The molecule has 0 spiro atoms. The van der Waals surface area contributed by atoms with Gasteiger partial charge in [-0.25, -0.2) is 4.79 Å². The van der Waals surface area contributed by atoms with Gasteiger partial charge in [0.2, 0.25) is 17.6 Å². The molecule has 5 amide bonds. The molecule has 0 radical (unpaired) electrons. The minimum Gasteiger partial charge on any atom is -0.347 e. The van der Waals surface area contributed by atoms with E-state index < -0.39 is 48.3 Å². The van der Waals surface area contributed by atoms with Crippen LogP contribution in [-0.2, 0) is 24.0 Å². The van der Waals surface area contributed by atoms with Gasteiger partial charge in [-0.05, 0) is 50.4 Å². The molecule has 0 bridgehead atoms. The summed E-state index contributed by atoms with van der Waals surface area (Å²) in [6.07, 6.45) is 8.69. The summed E-state index contributed by atoms with van der Waals surface area (Å²) in [7, 11) is 0. The molecule has 3 rings (SSSR count). The number of Topliss-reactive ketones (excluding diaryl/α,β-unsaturated/α-hetero) is 2. The summed E-state index contributed by atoms with van der Waals surface area (Å²) >= 11 is 0. The molecule has 3 unspecified atom stereocenters. The molecule has 216 valence electrons. The first kappa shape index (κ1) is 30.3. The Labute approximate surface area is 230 Å². The third-order valence-corrected chi connectivity index (χ3v) is 7.84. The van der Waals surface area contributed by atoms with E-state index in [0.717, 1.165) is 44.9 Å². The summed E-state index contributed by atoms with van der Waals surface area (Å²) < 4.78 is 0. The van der Waals surface area contributed by atoms with E-state index in [9.17, 15) is 28.8 Å². The van der Waals surface area contributed by atoms with Crippen LogP contribution in [0.1, 0.15) is 71.6 Å². The zero-order valence-corrected chi connectivity index (χ0v) is 23.1. The van der Waals surface area contributed by atoms with E-state index in [1.165, 1.54) is 11.0 Å². The van der Waals surface area contributed by atoms with Gasteiger partial charge in [-0.3, -0.25) is 24.0 Å². The molecule has 0 aromatic rings. The summed E-state index contributed by atoms with van der Waals surface area (Å²) in [6, 6.07) is -2.79. The van der Waals surface area contributed by atoms with Crippen molar-refractivity contribution in [1.29, 1.82) is 0 Å². The van der Waals surface area contributed by atoms with Crippen LogP contribution in [0.5, 0.6) is 0 Å². The van der Waals surface area contributed by atoms with Crippen LogP contribution in [0, 0.1) is 17.8 Å². The Hall–Kier alpha value is -3.24. The van der Waals surface area contributed by atoms with Crippen LogP contribution >= 0.6 is 0 Å².